The molecule has 0 N–H and O–H groups in total. The highest BCUT2D eigenvalue weighted by Crippen LogP contribution is 2.37. The molecule has 6 heteroatoms. The van der Waals surface area contributed by atoms with Crippen molar-refractivity contribution in [1.82, 2.24) is 0 Å². The Kier molecular flexibility index (Phi) is 4.06. The number of hydrogen-bond donors (Lipinski definition) is 0. The normalized spacial score (nSPS) is 11.4. The smallest absolute Gasteiger partial charge is 0.417 e. The third-order valence-corrected chi connectivity index (χ3v) is 3.10. The second-order valence-electron chi connectivity index (χ2n) is 3.70. The van der Waals surface area contributed by atoms with Gasteiger partial charge in [-0.15, -0.1) is 0 Å². The van der Waals surface area contributed by atoms with Crippen molar-refractivity contribution in [3.63, 3.8) is 0 Å². The highest BCUT2D eigenvalue weighted by atomic mass is 79.9. The van der Waals surface area contributed by atoms with Crippen LogP contribution in [0.2, 0.25) is 5.02 Å². The minimum Gasteiger partial charge on any atom is -0.457 e. The summed E-state index contributed by atoms with van der Waals surface area (Å²) in [5.41, 5.74) is -0.915. The zero-order chi connectivity index (χ0) is 14.0. The second-order valence-corrected chi connectivity index (χ2v) is 5.02. The molecule has 100 valence electrons. The van der Waals surface area contributed by atoms with Crippen LogP contribution in [0.3, 0.4) is 0 Å². The number of ether oxygens (including phenoxy) is 1. The van der Waals surface area contributed by atoms with Gasteiger partial charge in [-0.05, 0) is 36.4 Å². The summed E-state index contributed by atoms with van der Waals surface area (Å²) in [6.45, 7) is 0. The summed E-state index contributed by atoms with van der Waals surface area (Å²) in [5.74, 6) is 0.514. The Morgan fingerprint density at radius 1 is 1.00 bits per heavy atom. The average Bonchev–Trinajstić information content (AvgIpc) is 2.30. The fourth-order valence-corrected chi connectivity index (χ4v) is 2.05. The van der Waals surface area contributed by atoms with E-state index < -0.39 is 11.7 Å². The largest absolute Gasteiger partial charge is 0.457 e. The van der Waals surface area contributed by atoms with E-state index in [1.165, 1.54) is 6.07 Å². The van der Waals surface area contributed by atoms with Crippen LogP contribution in [0.15, 0.2) is 46.9 Å². The van der Waals surface area contributed by atoms with Gasteiger partial charge in [0.05, 0.1) is 10.6 Å². The topological polar surface area (TPSA) is 9.23 Å². The first-order valence-corrected chi connectivity index (χ1v) is 6.33. The third-order valence-electron chi connectivity index (χ3n) is 2.28. The number of rotatable bonds is 2. The minimum absolute atomic E-state index is 0.0785. The van der Waals surface area contributed by atoms with E-state index in [0.29, 0.717) is 5.75 Å². The predicted octanol–water partition coefficient (Wildman–Crippen LogP) is 5.91. The fourth-order valence-electron chi connectivity index (χ4n) is 1.45. The molecule has 0 spiro atoms. The van der Waals surface area contributed by atoms with Crippen molar-refractivity contribution in [1.29, 1.82) is 0 Å². The zero-order valence-corrected chi connectivity index (χ0v) is 11.7. The maximum absolute atomic E-state index is 12.7. The van der Waals surface area contributed by atoms with Crippen LogP contribution in [0.5, 0.6) is 11.5 Å². The average molecular weight is 352 g/mol. The summed E-state index contributed by atoms with van der Waals surface area (Å²) in [5, 5.41) is -0.353. The summed E-state index contributed by atoms with van der Waals surface area (Å²) in [4.78, 5) is 0. The molecule has 0 heterocycles. The lowest BCUT2D eigenvalue weighted by atomic mass is 10.2. The number of benzene rings is 2. The number of halogens is 5. The van der Waals surface area contributed by atoms with Crippen molar-refractivity contribution in [2.24, 2.45) is 0 Å². The molecule has 0 aliphatic carbocycles. The van der Waals surface area contributed by atoms with Crippen molar-refractivity contribution in [2.45, 2.75) is 6.18 Å². The van der Waals surface area contributed by atoms with Crippen LogP contribution in [0.4, 0.5) is 13.2 Å². The van der Waals surface area contributed by atoms with Crippen molar-refractivity contribution in [3.8, 4) is 11.5 Å². The van der Waals surface area contributed by atoms with E-state index >= 15 is 0 Å². The summed E-state index contributed by atoms with van der Waals surface area (Å²) in [7, 11) is 0. The summed E-state index contributed by atoms with van der Waals surface area (Å²) in [6, 6.07) is 10.2. The highest BCUT2D eigenvalue weighted by molar-refractivity contribution is 9.10. The second kappa shape index (κ2) is 5.43. The van der Waals surface area contributed by atoms with Gasteiger partial charge in [0, 0.05) is 4.47 Å². The Hall–Kier alpha value is -1.20. The van der Waals surface area contributed by atoms with Crippen LogP contribution in [0, 0.1) is 0 Å². The number of hydrogen-bond acceptors (Lipinski definition) is 1. The van der Waals surface area contributed by atoms with Gasteiger partial charge in [-0.1, -0.05) is 33.6 Å². The first-order valence-electron chi connectivity index (χ1n) is 5.16. The van der Waals surface area contributed by atoms with Gasteiger partial charge in [0.1, 0.15) is 11.5 Å². The Bertz CT molecular complexity index is 599. The van der Waals surface area contributed by atoms with E-state index in [-0.39, 0.29) is 10.8 Å². The van der Waals surface area contributed by atoms with Crippen LogP contribution >= 0.6 is 27.5 Å². The van der Waals surface area contributed by atoms with Crippen LogP contribution < -0.4 is 4.74 Å². The summed E-state index contributed by atoms with van der Waals surface area (Å²) >= 11 is 8.78. The van der Waals surface area contributed by atoms with Gasteiger partial charge in [-0.25, -0.2) is 0 Å². The molecule has 0 saturated heterocycles. The molecule has 0 bridgehead atoms. The molecule has 0 saturated carbocycles. The van der Waals surface area contributed by atoms with Crippen LogP contribution in [-0.4, -0.2) is 0 Å². The Balaban J connectivity index is 2.32. The molecule has 0 radical (unpaired) electrons. The molecular formula is C13H7BrClF3O. The SMILES string of the molecule is FC(F)(F)c1cc(Oc2cccc(Br)c2)ccc1Cl. The lowest BCUT2D eigenvalue weighted by molar-refractivity contribution is -0.137. The molecule has 2 aromatic rings. The van der Waals surface area contributed by atoms with Crippen LogP contribution in [-0.2, 0) is 6.18 Å². The molecule has 2 rings (SSSR count). The quantitative estimate of drug-likeness (QED) is 0.653. The van der Waals surface area contributed by atoms with Gasteiger partial charge in [-0.2, -0.15) is 13.2 Å². The Morgan fingerprint density at radius 3 is 2.32 bits per heavy atom. The van der Waals surface area contributed by atoms with Crippen LogP contribution in [0.25, 0.3) is 0 Å². The maximum atomic E-state index is 12.7. The highest BCUT2D eigenvalue weighted by Gasteiger charge is 2.33. The van der Waals surface area contributed by atoms with Crippen molar-refractivity contribution in [3.05, 3.63) is 57.5 Å². The molecule has 0 amide bonds. The van der Waals surface area contributed by atoms with Gasteiger partial charge in [-0.3, -0.25) is 0 Å². The molecule has 1 nitrogen and oxygen atoms in total. The molecule has 2 aromatic carbocycles. The monoisotopic (exact) mass is 350 g/mol. The first kappa shape index (κ1) is 14.2. The molecule has 0 aromatic heterocycles. The van der Waals surface area contributed by atoms with E-state index in [2.05, 4.69) is 15.9 Å². The summed E-state index contributed by atoms with van der Waals surface area (Å²) in [6.07, 6.45) is -4.51. The van der Waals surface area contributed by atoms with Crippen molar-refractivity contribution >= 4 is 27.5 Å². The molecule has 0 atom stereocenters. The Morgan fingerprint density at radius 2 is 1.68 bits per heavy atom. The van der Waals surface area contributed by atoms with E-state index in [0.717, 1.165) is 16.6 Å². The minimum atomic E-state index is -4.51. The van der Waals surface area contributed by atoms with Gasteiger partial charge in [0.25, 0.3) is 0 Å². The van der Waals surface area contributed by atoms with Gasteiger partial charge in [0.15, 0.2) is 0 Å². The molecule has 0 fully saturated rings. The first-order chi connectivity index (χ1) is 8.86. The van der Waals surface area contributed by atoms with E-state index in [9.17, 15) is 13.2 Å². The van der Waals surface area contributed by atoms with Crippen molar-refractivity contribution < 1.29 is 17.9 Å². The molecule has 0 unspecified atom stereocenters. The zero-order valence-electron chi connectivity index (χ0n) is 9.34. The fraction of sp³-hybridized carbons (Fsp3) is 0.0769. The third kappa shape index (κ3) is 3.64. The van der Waals surface area contributed by atoms with E-state index in [1.54, 1.807) is 24.3 Å². The lowest BCUT2D eigenvalue weighted by Gasteiger charge is -2.11. The molecule has 0 aliphatic heterocycles. The molecular weight excluding hydrogens is 344 g/mol. The van der Waals surface area contributed by atoms with Crippen LogP contribution in [0.1, 0.15) is 5.56 Å². The molecule has 0 aliphatic rings. The van der Waals surface area contributed by atoms with Gasteiger partial charge >= 0.3 is 6.18 Å². The number of alkyl halides is 3. The standard InChI is InChI=1S/C13H7BrClF3O/c14-8-2-1-3-9(6-8)19-10-4-5-12(15)11(7-10)13(16,17)18/h1-7H. The predicted molar refractivity (Wildman–Crippen MR) is 70.7 cm³/mol. The maximum Gasteiger partial charge on any atom is 0.417 e. The summed E-state index contributed by atoms with van der Waals surface area (Å²) < 4.78 is 44.2. The molecule has 19 heavy (non-hydrogen) atoms. The van der Waals surface area contributed by atoms with Gasteiger partial charge in [0.2, 0.25) is 0 Å². The Labute approximate surface area is 121 Å². The van der Waals surface area contributed by atoms with E-state index in [4.69, 9.17) is 16.3 Å². The van der Waals surface area contributed by atoms with E-state index in [1.807, 2.05) is 0 Å². The van der Waals surface area contributed by atoms with Crippen molar-refractivity contribution in [2.75, 3.05) is 0 Å². The van der Waals surface area contributed by atoms with Gasteiger partial charge < -0.3 is 4.74 Å². The lowest BCUT2D eigenvalue weighted by Crippen LogP contribution is -2.05.